The molecule has 2 N–H and O–H groups in total. The Labute approximate surface area is 131 Å². The fraction of sp³-hybridized carbons (Fsp3) is 0.278. The predicted octanol–water partition coefficient (Wildman–Crippen LogP) is 2.60. The molecule has 0 radical (unpaired) electrons. The molecule has 22 heavy (non-hydrogen) atoms. The first-order valence-electron chi connectivity index (χ1n) is 7.31. The lowest BCUT2D eigenvalue weighted by atomic mass is 10.1. The summed E-state index contributed by atoms with van der Waals surface area (Å²) in [6.45, 7) is 4.32. The van der Waals surface area contributed by atoms with Gasteiger partial charge in [-0.2, -0.15) is 0 Å². The zero-order chi connectivity index (χ0) is 15.9. The number of nitrogens with zero attached hydrogens (tertiary/aromatic N) is 1. The monoisotopic (exact) mass is 298 g/mol. The third-order valence-electron chi connectivity index (χ3n) is 3.45. The van der Waals surface area contributed by atoms with Crippen molar-refractivity contribution in [2.24, 2.45) is 5.73 Å². The van der Waals surface area contributed by atoms with Crippen molar-refractivity contribution in [1.82, 2.24) is 4.90 Å². The van der Waals surface area contributed by atoms with Gasteiger partial charge in [0.25, 0.3) is 0 Å². The second-order valence-corrected chi connectivity index (χ2v) is 5.46. The van der Waals surface area contributed by atoms with Crippen LogP contribution in [-0.2, 0) is 6.54 Å². The van der Waals surface area contributed by atoms with Gasteiger partial charge in [0.05, 0.1) is 0 Å². The van der Waals surface area contributed by atoms with E-state index in [1.54, 1.807) is 12.1 Å². The second kappa shape index (κ2) is 7.61. The van der Waals surface area contributed by atoms with Gasteiger partial charge in [0.1, 0.15) is 12.4 Å². The molecule has 0 saturated carbocycles. The number of benzene rings is 2. The van der Waals surface area contributed by atoms with Crippen LogP contribution in [0.5, 0.6) is 5.75 Å². The van der Waals surface area contributed by atoms with Crippen molar-refractivity contribution in [2.75, 3.05) is 20.2 Å². The summed E-state index contributed by atoms with van der Waals surface area (Å²) < 4.78 is 5.72. The molecule has 0 atom stereocenters. The number of amides is 1. The zero-order valence-electron chi connectivity index (χ0n) is 13.1. The van der Waals surface area contributed by atoms with Crippen LogP contribution in [0.3, 0.4) is 0 Å². The molecule has 0 heterocycles. The number of carbonyl (C=O) groups is 1. The number of nitrogens with two attached hydrogens (primary N) is 1. The second-order valence-electron chi connectivity index (χ2n) is 5.46. The van der Waals surface area contributed by atoms with E-state index in [1.165, 1.54) is 5.56 Å². The maximum absolute atomic E-state index is 11.0. The van der Waals surface area contributed by atoms with E-state index in [0.29, 0.717) is 12.2 Å². The fourth-order valence-electron chi connectivity index (χ4n) is 2.12. The first-order chi connectivity index (χ1) is 10.5. The van der Waals surface area contributed by atoms with Crippen molar-refractivity contribution in [3.63, 3.8) is 0 Å². The van der Waals surface area contributed by atoms with Crippen LogP contribution in [0, 0.1) is 6.92 Å². The standard InChI is InChI=1S/C18H22N2O2/c1-14-3-9-17(10-4-14)22-12-11-20(2)13-15-5-7-16(8-6-15)18(19)21/h3-10H,11-13H2,1-2H3,(H2,19,21). The van der Waals surface area contributed by atoms with Gasteiger partial charge in [0.15, 0.2) is 0 Å². The average molecular weight is 298 g/mol. The highest BCUT2D eigenvalue weighted by Crippen LogP contribution is 2.11. The largest absolute Gasteiger partial charge is 0.492 e. The summed E-state index contributed by atoms with van der Waals surface area (Å²) in [5.41, 5.74) is 8.13. The van der Waals surface area contributed by atoms with Gasteiger partial charge in [-0.15, -0.1) is 0 Å². The van der Waals surface area contributed by atoms with Gasteiger partial charge in [0, 0.05) is 18.7 Å². The van der Waals surface area contributed by atoms with Gasteiger partial charge in [-0.25, -0.2) is 0 Å². The summed E-state index contributed by atoms with van der Waals surface area (Å²) in [6.07, 6.45) is 0. The highest BCUT2D eigenvalue weighted by Gasteiger charge is 2.03. The lowest BCUT2D eigenvalue weighted by Crippen LogP contribution is -2.24. The Hall–Kier alpha value is -2.33. The molecule has 0 saturated heterocycles. The fourth-order valence-corrected chi connectivity index (χ4v) is 2.12. The van der Waals surface area contributed by atoms with Crippen molar-refractivity contribution >= 4 is 5.91 Å². The minimum atomic E-state index is -0.397. The predicted molar refractivity (Wildman–Crippen MR) is 88.0 cm³/mol. The van der Waals surface area contributed by atoms with Gasteiger partial charge in [-0.05, 0) is 43.8 Å². The number of likely N-dealkylation sites (N-methyl/N-ethyl adjacent to an activating group) is 1. The van der Waals surface area contributed by atoms with Gasteiger partial charge >= 0.3 is 0 Å². The van der Waals surface area contributed by atoms with Gasteiger partial charge in [-0.3, -0.25) is 9.69 Å². The molecule has 0 aliphatic heterocycles. The number of hydrogen-bond donors (Lipinski definition) is 1. The highest BCUT2D eigenvalue weighted by atomic mass is 16.5. The number of ether oxygens (including phenoxy) is 1. The molecule has 116 valence electrons. The average Bonchev–Trinajstić information content (AvgIpc) is 2.50. The summed E-state index contributed by atoms with van der Waals surface area (Å²) >= 11 is 0. The Morgan fingerprint density at radius 3 is 2.32 bits per heavy atom. The summed E-state index contributed by atoms with van der Waals surface area (Å²) in [4.78, 5) is 13.2. The number of carbonyl (C=O) groups excluding carboxylic acids is 1. The van der Waals surface area contributed by atoms with Crippen molar-refractivity contribution in [3.8, 4) is 5.75 Å². The van der Waals surface area contributed by atoms with Crippen LogP contribution in [0.25, 0.3) is 0 Å². The lowest BCUT2D eigenvalue weighted by molar-refractivity contribution is 0.100. The molecule has 2 aromatic carbocycles. The minimum Gasteiger partial charge on any atom is -0.492 e. The van der Waals surface area contributed by atoms with Crippen LogP contribution in [0.1, 0.15) is 21.5 Å². The summed E-state index contributed by atoms with van der Waals surface area (Å²) in [5.74, 6) is 0.496. The van der Waals surface area contributed by atoms with Crippen molar-refractivity contribution in [3.05, 3.63) is 65.2 Å². The molecule has 0 aromatic heterocycles. The quantitative estimate of drug-likeness (QED) is 0.855. The molecule has 0 bridgehead atoms. The van der Waals surface area contributed by atoms with Crippen LogP contribution >= 0.6 is 0 Å². The van der Waals surface area contributed by atoms with Crippen LogP contribution in [-0.4, -0.2) is 31.0 Å². The van der Waals surface area contributed by atoms with Gasteiger partial charge in [-0.1, -0.05) is 29.8 Å². The maximum atomic E-state index is 11.0. The maximum Gasteiger partial charge on any atom is 0.248 e. The lowest BCUT2D eigenvalue weighted by Gasteiger charge is -2.17. The minimum absolute atomic E-state index is 0.397. The molecule has 2 aromatic rings. The number of aryl methyl sites for hydroxylation is 1. The van der Waals surface area contributed by atoms with Gasteiger partial charge < -0.3 is 10.5 Å². The molecule has 4 heteroatoms. The topological polar surface area (TPSA) is 55.6 Å². The van der Waals surface area contributed by atoms with Gasteiger partial charge in [0.2, 0.25) is 5.91 Å². The summed E-state index contributed by atoms with van der Waals surface area (Å²) in [5, 5.41) is 0. The number of hydrogen-bond acceptors (Lipinski definition) is 3. The highest BCUT2D eigenvalue weighted by molar-refractivity contribution is 5.92. The number of rotatable bonds is 7. The van der Waals surface area contributed by atoms with Crippen molar-refractivity contribution in [2.45, 2.75) is 13.5 Å². The van der Waals surface area contributed by atoms with E-state index >= 15 is 0 Å². The van der Waals surface area contributed by atoms with Crippen LogP contribution in [0.4, 0.5) is 0 Å². The molecular weight excluding hydrogens is 276 g/mol. The third-order valence-corrected chi connectivity index (χ3v) is 3.45. The molecule has 0 aliphatic carbocycles. The van der Waals surface area contributed by atoms with E-state index in [-0.39, 0.29) is 0 Å². The molecule has 4 nitrogen and oxygen atoms in total. The summed E-state index contributed by atoms with van der Waals surface area (Å²) in [7, 11) is 2.04. The molecule has 0 unspecified atom stereocenters. The SMILES string of the molecule is Cc1ccc(OCCN(C)Cc2ccc(C(N)=O)cc2)cc1. The first kappa shape index (κ1) is 16.0. The van der Waals surface area contributed by atoms with E-state index in [2.05, 4.69) is 11.8 Å². The van der Waals surface area contributed by atoms with Crippen LogP contribution < -0.4 is 10.5 Å². The Morgan fingerprint density at radius 1 is 1.09 bits per heavy atom. The van der Waals surface area contributed by atoms with E-state index in [4.69, 9.17) is 10.5 Å². The number of primary amides is 1. The normalized spacial score (nSPS) is 10.7. The molecule has 2 rings (SSSR count). The molecule has 1 amide bonds. The smallest absolute Gasteiger partial charge is 0.248 e. The van der Waals surface area contributed by atoms with E-state index < -0.39 is 5.91 Å². The Kier molecular flexibility index (Phi) is 5.55. The van der Waals surface area contributed by atoms with E-state index in [1.807, 2.05) is 43.4 Å². The van der Waals surface area contributed by atoms with Crippen molar-refractivity contribution < 1.29 is 9.53 Å². The van der Waals surface area contributed by atoms with E-state index in [0.717, 1.165) is 24.4 Å². The Balaban J connectivity index is 1.76. The zero-order valence-corrected chi connectivity index (χ0v) is 13.1. The molecule has 0 spiro atoms. The first-order valence-corrected chi connectivity index (χ1v) is 7.31. The van der Waals surface area contributed by atoms with Crippen molar-refractivity contribution in [1.29, 1.82) is 0 Å². The Bertz CT molecular complexity index is 606. The Morgan fingerprint density at radius 2 is 1.73 bits per heavy atom. The van der Waals surface area contributed by atoms with Crippen LogP contribution in [0.2, 0.25) is 0 Å². The van der Waals surface area contributed by atoms with E-state index in [9.17, 15) is 4.79 Å². The van der Waals surface area contributed by atoms with Crippen LogP contribution in [0.15, 0.2) is 48.5 Å². The third kappa shape index (κ3) is 4.90. The molecule has 0 fully saturated rings. The molecule has 0 aliphatic rings. The summed E-state index contributed by atoms with van der Waals surface area (Å²) in [6, 6.07) is 15.4. The molecular formula is C18H22N2O2.